The van der Waals surface area contributed by atoms with E-state index in [9.17, 15) is 13.8 Å². The summed E-state index contributed by atoms with van der Waals surface area (Å²) in [5.74, 6) is -1.14. The summed E-state index contributed by atoms with van der Waals surface area (Å²) < 4.78 is 23.8. The summed E-state index contributed by atoms with van der Waals surface area (Å²) in [6.45, 7) is 0. The van der Waals surface area contributed by atoms with E-state index >= 15 is 0 Å². The number of halogens is 2. The Morgan fingerprint density at radius 3 is 2.70 bits per heavy atom. The van der Waals surface area contributed by atoms with Gasteiger partial charge in [0.25, 0.3) is 5.91 Å². The Hall–Kier alpha value is -1.00. The fourth-order valence-corrected chi connectivity index (χ4v) is 0.813. The number of rotatable bonds is 0. The summed E-state index contributed by atoms with van der Waals surface area (Å²) in [7, 11) is 0. The molecular weight excluding hydrogens is 142 g/mol. The van der Waals surface area contributed by atoms with Gasteiger partial charge in [-0.25, -0.2) is 0 Å². The van der Waals surface area contributed by atoms with Gasteiger partial charge in [0, 0.05) is 12.8 Å². The molecule has 0 aromatic heterocycles. The predicted octanol–water partition coefficient (Wildman–Crippen LogP) is 1.17. The molecule has 0 N–H and O–H groups in total. The molecule has 0 aromatic rings. The Morgan fingerprint density at radius 2 is 2.20 bits per heavy atom. The number of piperidine rings is 1. The zero-order chi connectivity index (χ0) is 7.56. The zero-order valence-electron chi connectivity index (χ0n) is 5.18. The van der Waals surface area contributed by atoms with E-state index in [4.69, 9.17) is 0 Å². The van der Waals surface area contributed by atoms with Crippen molar-refractivity contribution in [1.29, 1.82) is 0 Å². The van der Waals surface area contributed by atoms with Gasteiger partial charge in [0.2, 0.25) is 0 Å². The third-order valence-electron chi connectivity index (χ3n) is 1.33. The number of amides is 1. The molecule has 0 aliphatic carbocycles. The van der Waals surface area contributed by atoms with Crippen molar-refractivity contribution < 1.29 is 13.8 Å². The number of carbonyl (C=O) groups excluding carboxylic acids is 1. The molecule has 1 amide bonds. The summed E-state index contributed by atoms with van der Waals surface area (Å²) >= 11 is 0. The minimum atomic E-state index is -0.720. The van der Waals surface area contributed by atoms with Crippen LogP contribution in [0.4, 0.5) is 8.96 Å². The summed E-state index contributed by atoms with van der Waals surface area (Å²) in [6.07, 6.45) is 0.802. The van der Waals surface area contributed by atoms with Gasteiger partial charge in [0.1, 0.15) is 0 Å². The molecule has 0 bridgehead atoms. The van der Waals surface area contributed by atoms with Crippen molar-refractivity contribution in [3.8, 4) is 0 Å². The highest BCUT2D eigenvalue weighted by molar-refractivity contribution is 5.98. The Labute approximate surface area is 56.2 Å². The van der Waals surface area contributed by atoms with Crippen LogP contribution in [0.5, 0.6) is 0 Å². The maximum absolute atomic E-state index is 12.4. The van der Waals surface area contributed by atoms with Gasteiger partial charge >= 0.3 is 0 Å². The Kier molecular flexibility index (Phi) is 1.94. The normalized spacial score (nSPS) is 24.0. The van der Waals surface area contributed by atoms with Crippen molar-refractivity contribution in [2.24, 2.45) is 5.21 Å². The summed E-state index contributed by atoms with van der Waals surface area (Å²) in [4.78, 5) is 10.5. The van der Waals surface area contributed by atoms with Crippen molar-refractivity contribution in [1.82, 2.24) is 5.12 Å². The highest BCUT2D eigenvalue weighted by atomic mass is 19.2. The van der Waals surface area contributed by atoms with Crippen molar-refractivity contribution >= 4 is 11.7 Å². The smallest absolute Gasteiger partial charge is 0.256 e. The highest BCUT2D eigenvalue weighted by Crippen LogP contribution is 2.13. The highest BCUT2D eigenvalue weighted by Gasteiger charge is 2.24. The first-order valence-corrected chi connectivity index (χ1v) is 2.92. The Balaban J connectivity index is 2.69. The monoisotopic (exact) mass is 148 g/mol. The maximum atomic E-state index is 12.4. The quantitative estimate of drug-likeness (QED) is 0.474. The summed E-state index contributed by atoms with van der Waals surface area (Å²) in [5.41, 5.74) is 0. The number of nitrogens with zero attached hydrogens (tertiary/aromatic N) is 2. The molecule has 0 aromatic carbocycles. The van der Waals surface area contributed by atoms with E-state index in [-0.39, 0.29) is 18.0 Å². The van der Waals surface area contributed by atoms with Crippen LogP contribution >= 0.6 is 0 Å². The third-order valence-corrected chi connectivity index (χ3v) is 1.33. The SMILES string of the molecule is O=C1CCC/C(=N\F)N1F. The van der Waals surface area contributed by atoms with Gasteiger partial charge in [0.05, 0.1) is 0 Å². The largest absolute Gasteiger partial charge is 0.272 e. The fourth-order valence-electron chi connectivity index (χ4n) is 0.813. The van der Waals surface area contributed by atoms with Crippen molar-refractivity contribution in [2.75, 3.05) is 0 Å². The summed E-state index contributed by atoms with van der Waals surface area (Å²) in [5, 5.41) is 1.89. The van der Waals surface area contributed by atoms with Crippen LogP contribution < -0.4 is 0 Å². The number of carbonyl (C=O) groups is 1. The molecule has 0 radical (unpaired) electrons. The standard InChI is InChI=1S/C5H6F2N2O/c6-8-4-2-1-3-5(10)9(4)7/h1-3H2/b8-4+. The van der Waals surface area contributed by atoms with Gasteiger partial charge in [-0.1, -0.05) is 14.2 Å². The fraction of sp³-hybridized carbons (Fsp3) is 0.600. The van der Waals surface area contributed by atoms with Crippen LogP contribution in [0.25, 0.3) is 0 Å². The lowest BCUT2D eigenvalue weighted by Crippen LogP contribution is -2.33. The molecule has 1 aliphatic rings. The molecule has 0 spiro atoms. The van der Waals surface area contributed by atoms with Gasteiger partial charge < -0.3 is 0 Å². The molecule has 0 atom stereocenters. The molecule has 3 nitrogen and oxygen atoms in total. The van der Waals surface area contributed by atoms with E-state index < -0.39 is 11.7 Å². The lowest BCUT2D eigenvalue weighted by molar-refractivity contribution is -0.139. The molecule has 10 heavy (non-hydrogen) atoms. The first kappa shape index (κ1) is 7.11. The van der Waals surface area contributed by atoms with Gasteiger partial charge in [-0.15, -0.1) is 5.12 Å². The molecule has 1 aliphatic heterocycles. The van der Waals surface area contributed by atoms with Gasteiger partial charge in [-0.3, -0.25) is 4.79 Å². The first-order valence-electron chi connectivity index (χ1n) is 2.92. The molecular formula is C5H6F2N2O. The number of hydrogen-bond donors (Lipinski definition) is 0. The van der Waals surface area contributed by atoms with E-state index in [2.05, 4.69) is 5.21 Å². The molecule has 1 fully saturated rings. The molecule has 1 heterocycles. The molecule has 56 valence electrons. The van der Waals surface area contributed by atoms with Crippen molar-refractivity contribution in [3.63, 3.8) is 0 Å². The Bertz CT molecular complexity index is 180. The van der Waals surface area contributed by atoms with Crippen molar-refractivity contribution in [3.05, 3.63) is 0 Å². The second-order valence-corrected chi connectivity index (χ2v) is 2.03. The van der Waals surface area contributed by atoms with Crippen LogP contribution in [-0.4, -0.2) is 16.9 Å². The molecule has 1 saturated heterocycles. The van der Waals surface area contributed by atoms with Crippen LogP contribution in [0, 0.1) is 0 Å². The van der Waals surface area contributed by atoms with Crippen LogP contribution in [0.15, 0.2) is 5.21 Å². The predicted molar refractivity (Wildman–Crippen MR) is 30.3 cm³/mol. The topological polar surface area (TPSA) is 32.7 Å². The lowest BCUT2D eigenvalue weighted by atomic mass is 10.1. The van der Waals surface area contributed by atoms with E-state index in [1.807, 2.05) is 0 Å². The van der Waals surface area contributed by atoms with Gasteiger partial charge in [-0.2, -0.15) is 0 Å². The van der Waals surface area contributed by atoms with Crippen LogP contribution in [0.1, 0.15) is 19.3 Å². The van der Waals surface area contributed by atoms with Gasteiger partial charge in [-0.05, 0) is 6.42 Å². The molecule has 0 unspecified atom stereocenters. The minimum absolute atomic E-state index is 0.134. The first-order chi connectivity index (χ1) is 4.75. The van der Waals surface area contributed by atoms with E-state index in [1.54, 1.807) is 0 Å². The minimum Gasteiger partial charge on any atom is -0.272 e. The third kappa shape index (κ3) is 1.12. The van der Waals surface area contributed by atoms with Gasteiger partial charge in [0.15, 0.2) is 5.84 Å². The van der Waals surface area contributed by atoms with E-state index in [0.717, 1.165) is 0 Å². The zero-order valence-corrected chi connectivity index (χ0v) is 5.18. The van der Waals surface area contributed by atoms with Crippen LogP contribution in [0.2, 0.25) is 0 Å². The molecule has 1 rings (SSSR count). The molecule has 0 saturated carbocycles. The van der Waals surface area contributed by atoms with Crippen LogP contribution in [-0.2, 0) is 4.79 Å². The second kappa shape index (κ2) is 2.72. The second-order valence-electron chi connectivity index (χ2n) is 2.03. The summed E-state index contributed by atoms with van der Waals surface area (Å²) in [6, 6.07) is 0. The van der Waals surface area contributed by atoms with E-state index in [1.165, 1.54) is 0 Å². The van der Waals surface area contributed by atoms with Crippen LogP contribution in [0.3, 0.4) is 0 Å². The van der Waals surface area contributed by atoms with Crippen molar-refractivity contribution in [2.45, 2.75) is 19.3 Å². The maximum Gasteiger partial charge on any atom is 0.256 e. The lowest BCUT2D eigenvalue weighted by Gasteiger charge is -2.16. The average molecular weight is 148 g/mol. The molecule has 5 heteroatoms. The number of hydrogen-bond acceptors (Lipinski definition) is 2. The van der Waals surface area contributed by atoms with E-state index in [0.29, 0.717) is 6.42 Å². The number of amidine groups is 1. The Morgan fingerprint density at radius 1 is 1.50 bits per heavy atom. The average Bonchev–Trinajstić information content (AvgIpc) is 1.95.